The molecule has 144 valence electrons. The number of ether oxygens (including phenoxy) is 2. The number of aryl methyl sites for hydroxylation is 1. The molecule has 0 radical (unpaired) electrons. The highest BCUT2D eigenvalue weighted by atomic mass is 16.5. The van der Waals surface area contributed by atoms with Gasteiger partial charge >= 0.3 is 0 Å². The second-order valence-electron chi connectivity index (χ2n) is 6.67. The van der Waals surface area contributed by atoms with Crippen molar-refractivity contribution < 1.29 is 9.47 Å². The van der Waals surface area contributed by atoms with Crippen LogP contribution < -0.4 is 10.5 Å². The molecule has 0 saturated carbocycles. The first-order valence-electron chi connectivity index (χ1n) is 9.69. The van der Waals surface area contributed by atoms with Crippen molar-refractivity contribution in [1.82, 2.24) is 4.90 Å². The van der Waals surface area contributed by atoms with Gasteiger partial charge < -0.3 is 20.1 Å². The van der Waals surface area contributed by atoms with Crippen LogP contribution in [-0.4, -0.2) is 50.3 Å². The molecule has 3 rings (SSSR count). The molecule has 1 saturated heterocycles. The fourth-order valence-corrected chi connectivity index (χ4v) is 3.09. The lowest BCUT2D eigenvalue weighted by Crippen LogP contribution is -2.44. The van der Waals surface area contributed by atoms with Crippen molar-refractivity contribution in [1.29, 1.82) is 0 Å². The van der Waals surface area contributed by atoms with E-state index in [2.05, 4.69) is 46.3 Å². The molecular formula is C22H29N3O2. The Hall–Kier alpha value is -2.53. The third-order valence-electron chi connectivity index (χ3n) is 4.63. The van der Waals surface area contributed by atoms with Crippen LogP contribution in [0.2, 0.25) is 0 Å². The molecule has 1 aliphatic heterocycles. The Morgan fingerprint density at radius 1 is 1.00 bits per heavy atom. The summed E-state index contributed by atoms with van der Waals surface area (Å²) in [4.78, 5) is 6.58. The second kappa shape index (κ2) is 10.6. The van der Waals surface area contributed by atoms with Crippen molar-refractivity contribution in [3.05, 3.63) is 65.7 Å². The van der Waals surface area contributed by atoms with Gasteiger partial charge in [-0.2, -0.15) is 0 Å². The van der Waals surface area contributed by atoms with E-state index in [1.165, 1.54) is 11.1 Å². The number of benzene rings is 2. The summed E-state index contributed by atoms with van der Waals surface area (Å²) in [6, 6.07) is 18.8. The van der Waals surface area contributed by atoms with Gasteiger partial charge in [0.05, 0.1) is 19.8 Å². The molecule has 0 aromatic heterocycles. The van der Waals surface area contributed by atoms with Gasteiger partial charge in [-0.05, 0) is 42.5 Å². The van der Waals surface area contributed by atoms with Gasteiger partial charge in [-0.1, -0.05) is 42.5 Å². The van der Waals surface area contributed by atoms with Gasteiger partial charge in [0, 0.05) is 19.6 Å². The van der Waals surface area contributed by atoms with E-state index in [0.29, 0.717) is 12.5 Å². The molecule has 0 spiro atoms. The molecule has 1 fully saturated rings. The summed E-state index contributed by atoms with van der Waals surface area (Å²) >= 11 is 0. The summed E-state index contributed by atoms with van der Waals surface area (Å²) < 4.78 is 11.2. The summed E-state index contributed by atoms with van der Waals surface area (Å²) in [6.45, 7) is 4.49. The number of guanidine groups is 1. The molecule has 27 heavy (non-hydrogen) atoms. The number of rotatable bonds is 8. The van der Waals surface area contributed by atoms with E-state index in [9.17, 15) is 0 Å². The predicted octanol–water partition coefficient (Wildman–Crippen LogP) is 2.89. The average Bonchev–Trinajstić information content (AvgIpc) is 2.73. The fraction of sp³-hybridized carbons (Fsp3) is 0.409. The van der Waals surface area contributed by atoms with E-state index in [-0.39, 0.29) is 0 Å². The molecule has 1 heterocycles. The van der Waals surface area contributed by atoms with Gasteiger partial charge in [-0.15, -0.1) is 0 Å². The Morgan fingerprint density at radius 3 is 2.59 bits per heavy atom. The Morgan fingerprint density at radius 2 is 1.78 bits per heavy atom. The van der Waals surface area contributed by atoms with Crippen molar-refractivity contribution in [2.45, 2.75) is 19.3 Å². The Balaban J connectivity index is 1.40. The van der Waals surface area contributed by atoms with Crippen LogP contribution in [0.1, 0.15) is 17.5 Å². The number of nitrogens with two attached hydrogens (primary N) is 1. The first-order chi connectivity index (χ1) is 13.3. The molecule has 0 atom stereocenters. The van der Waals surface area contributed by atoms with Gasteiger partial charge in [-0.25, -0.2) is 0 Å². The molecule has 2 N–H and O–H groups in total. The maximum absolute atomic E-state index is 6.07. The minimum Gasteiger partial charge on any atom is -0.494 e. The first kappa shape index (κ1) is 19.2. The summed E-state index contributed by atoms with van der Waals surface area (Å²) in [6.07, 6.45) is 2.90. The number of hydrogen-bond donors (Lipinski definition) is 1. The molecule has 0 aliphatic carbocycles. The summed E-state index contributed by atoms with van der Waals surface area (Å²) in [5.41, 5.74) is 8.64. The first-order valence-corrected chi connectivity index (χ1v) is 9.69. The predicted molar refractivity (Wildman–Crippen MR) is 109 cm³/mol. The van der Waals surface area contributed by atoms with E-state index in [0.717, 1.165) is 57.9 Å². The number of aliphatic imine (C=N–C) groups is 1. The van der Waals surface area contributed by atoms with Crippen molar-refractivity contribution in [3.63, 3.8) is 0 Å². The summed E-state index contributed by atoms with van der Waals surface area (Å²) in [5.74, 6) is 1.54. The second-order valence-corrected chi connectivity index (χ2v) is 6.67. The van der Waals surface area contributed by atoms with Gasteiger partial charge in [0.2, 0.25) is 0 Å². The number of morpholine rings is 1. The third kappa shape index (κ3) is 6.61. The van der Waals surface area contributed by atoms with Crippen molar-refractivity contribution in [2.75, 3.05) is 39.5 Å². The highest BCUT2D eigenvalue weighted by molar-refractivity contribution is 5.78. The third-order valence-corrected chi connectivity index (χ3v) is 4.63. The lowest BCUT2D eigenvalue weighted by Gasteiger charge is -2.27. The van der Waals surface area contributed by atoms with Gasteiger partial charge in [0.25, 0.3) is 0 Å². The van der Waals surface area contributed by atoms with E-state index in [4.69, 9.17) is 15.2 Å². The zero-order valence-electron chi connectivity index (χ0n) is 15.8. The molecule has 0 amide bonds. The van der Waals surface area contributed by atoms with Crippen LogP contribution in [0.4, 0.5) is 0 Å². The Kier molecular flexibility index (Phi) is 7.54. The van der Waals surface area contributed by atoms with E-state index < -0.39 is 0 Å². The topological polar surface area (TPSA) is 60.1 Å². The smallest absolute Gasteiger partial charge is 0.191 e. The van der Waals surface area contributed by atoms with Crippen molar-refractivity contribution in [3.8, 4) is 5.75 Å². The van der Waals surface area contributed by atoms with Crippen molar-refractivity contribution >= 4 is 5.96 Å². The lowest BCUT2D eigenvalue weighted by atomic mass is 10.1. The average molecular weight is 367 g/mol. The van der Waals surface area contributed by atoms with Gasteiger partial charge in [-0.3, -0.25) is 4.99 Å². The number of hydrogen-bond acceptors (Lipinski definition) is 3. The Bertz CT molecular complexity index is 713. The minimum absolute atomic E-state index is 0.617. The van der Waals surface area contributed by atoms with Crippen LogP contribution in [0.3, 0.4) is 0 Å². The maximum atomic E-state index is 6.07. The SMILES string of the molecule is NC(=NCCc1cccc(OCCCc2ccccc2)c1)N1CCOCC1. The van der Waals surface area contributed by atoms with Crippen molar-refractivity contribution in [2.24, 2.45) is 10.7 Å². The van der Waals surface area contributed by atoms with Crippen LogP contribution in [0.15, 0.2) is 59.6 Å². The number of nitrogens with zero attached hydrogens (tertiary/aromatic N) is 2. The fourth-order valence-electron chi connectivity index (χ4n) is 3.09. The zero-order valence-corrected chi connectivity index (χ0v) is 15.8. The summed E-state index contributed by atoms with van der Waals surface area (Å²) in [5, 5.41) is 0. The molecular weight excluding hydrogens is 338 g/mol. The highest BCUT2D eigenvalue weighted by Gasteiger charge is 2.11. The molecule has 2 aromatic rings. The molecule has 1 aliphatic rings. The molecule has 5 nitrogen and oxygen atoms in total. The van der Waals surface area contributed by atoms with Crippen LogP contribution in [0.25, 0.3) is 0 Å². The van der Waals surface area contributed by atoms with E-state index in [1.807, 2.05) is 18.2 Å². The van der Waals surface area contributed by atoms with E-state index in [1.54, 1.807) is 0 Å². The van der Waals surface area contributed by atoms with Gasteiger partial charge in [0.1, 0.15) is 5.75 Å². The maximum Gasteiger partial charge on any atom is 0.191 e. The summed E-state index contributed by atoms with van der Waals surface area (Å²) in [7, 11) is 0. The van der Waals surface area contributed by atoms with Crippen LogP contribution in [0, 0.1) is 0 Å². The van der Waals surface area contributed by atoms with Crippen LogP contribution >= 0.6 is 0 Å². The van der Waals surface area contributed by atoms with Crippen LogP contribution in [0.5, 0.6) is 5.75 Å². The molecule has 2 aromatic carbocycles. The normalized spacial score (nSPS) is 15.0. The highest BCUT2D eigenvalue weighted by Crippen LogP contribution is 2.15. The minimum atomic E-state index is 0.617. The zero-order chi connectivity index (χ0) is 18.7. The van der Waals surface area contributed by atoms with Gasteiger partial charge in [0.15, 0.2) is 5.96 Å². The monoisotopic (exact) mass is 367 g/mol. The molecule has 0 unspecified atom stereocenters. The molecule has 5 heteroatoms. The molecule has 0 bridgehead atoms. The standard InChI is InChI=1S/C22H29N3O2/c23-22(25-13-16-26-17-14-25)24-12-11-20-8-4-10-21(18-20)27-15-5-9-19-6-2-1-3-7-19/h1-4,6-8,10,18H,5,9,11-17H2,(H2,23,24). The quantitative estimate of drug-likeness (QED) is 0.443. The largest absolute Gasteiger partial charge is 0.494 e. The lowest BCUT2D eigenvalue weighted by molar-refractivity contribution is 0.0674. The Labute approximate surface area is 161 Å². The van der Waals surface area contributed by atoms with Crippen LogP contribution in [-0.2, 0) is 17.6 Å². The van der Waals surface area contributed by atoms with E-state index >= 15 is 0 Å².